The molecule has 0 unspecified atom stereocenters. The normalized spacial score (nSPS) is 9.88. The standard InChI is InChI=1S/C10H11N7/c11-10-7-9(8-1-3-13-4-2-8)15-17(10)6-5-14-16-12/h1-4,7H,5-6,11H2. The van der Waals surface area contributed by atoms with E-state index in [-0.39, 0.29) is 0 Å². The highest BCUT2D eigenvalue weighted by Gasteiger charge is 2.06. The Bertz CT molecular complexity index is 539. The number of anilines is 1. The Labute approximate surface area is 97.5 Å². The molecule has 17 heavy (non-hydrogen) atoms. The molecule has 0 aromatic carbocycles. The van der Waals surface area contributed by atoms with E-state index < -0.39 is 0 Å². The van der Waals surface area contributed by atoms with Gasteiger partial charge in [-0.3, -0.25) is 4.98 Å². The highest BCUT2D eigenvalue weighted by molar-refractivity contribution is 5.61. The van der Waals surface area contributed by atoms with Crippen LogP contribution in [0.25, 0.3) is 21.7 Å². The van der Waals surface area contributed by atoms with Gasteiger partial charge in [0.25, 0.3) is 0 Å². The molecule has 0 amide bonds. The molecule has 0 radical (unpaired) electrons. The van der Waals surface area contributed by atoms with E-state index in [2.05, 4.69) is 20.1 Å². The molecule has 2 aromatic heterocycles. The number of hydrogen-bond donors (Lipinski definition) is 1. The highest BCUT2D eigenvalue weighted by atomic mass is 15.3. The summed E-state index contributed by atoms with van der Waals surface area (Å²) in [6, 6.07) is 5.50. The van der Waals surface area contributed by atoms with Gasteiger partial charge in [-0.25, -0.2) is 4.68 Å². The van der Waals surface area contributed by atoms with Crippen LogP contribution in [-0.2, 0) is 6.54 Å². The van der Waals surface area contributed by atoms with E-state index in [1.54, 1.807) is 23.1 Å². The van der Waals surface area contributed by atoms with Crippen LogP contribution in [0.1, 0.15) is 0 Å². The molecule has 0 bridgehead atoms. The van der Waals surface area contributed by atoms with E-state index in [0.717, 1.165) is 11.3 Å². The molecule has 2 aromatic rings. The topological polar surface area (TPSA) is 105 Å². The predicted octanol–water partition coefficient (Wildman–Crippen LogP) is 1.84. The third kappa shape index (κ3) is 2.53. The van der Waals surface area contributed by atoms with Crippen molar-refractivity contribution in [3.05, 3.63) is 41.0 Å². The Morgan fingerprint density at radius 3 is 2.88 bits per heavy atom. The molecule has 0 atom stereocenters. The molecule has 0 aliphatic carbocycles. The van der Waals surface area contributed by atoms with Crippen LogP contribution in [-0.4, -0.2) is 21.3 Å². The van der Waals surface area contributed by atoms with E-state index in [4.69, 9.17) is 11.3 Å². The molecular weight excluding hydrogens is 218 g/mol. The largest absolute Gasteiger partial charge is 0.384 e. The third-order valence-electron chi connectivity index (χ3n) is 2.26. The number of azide groups is 1. The molecule has 0 aliphatic heterocycles. The van der Waals surface area contributed by atoms with Gasteiger partial charge in [-0.05, 0) is 17.7 Å². The first-order valence-electron chi connectivity index (χ1n) is 5.06. The molecule has 0 saturated carbocycles. The summed E-state index contributed by atoms with van der Waals surface area (Å²) in [7, 11) is 0. The van der Waals surface area contributed by atoms with Crippen molar-refractivity contribution in [1.82, 2.24) is 14.8 Å². The summed E-state index contributed by atoms with van der Waals surface area (Å²) in [5.41, 5.74) is 15.7. The van der Waals surface area contributed by atoms with E-state index in [0.29, 0.717) is 18.9 Å². The lowest BCUT2D eigenvalue weighted by atomic mass is 10.2. The van der Waals surface area contributed by atoms with Crippen molar-refractivity contribution in [3.63, 3.8) is 0 Å². The summed E-state index contributed by atoms with van der Waals surface area (Å²) in [5.74, 6) is 0.546. The fraction of sp³-hybridized carbons (Fsp3) is 0.200. The summed E-state index contributed by atoms with van der Waals surface area (Å²) in [6.07, 6.45) is 3.40. The second kappa shape index (κ2) is 5.00. The van der Waals surface area contributed by atoms with Gasteiger partial charge in [-0.1, -0.05) is 5.11 Å². The molecule has 2 heterocycles. The zero-order valence-corrected chi connectivity index (χ0v) is 9.06. The minimum absolute atomic E-state index is 0.332. The van der Waals surface area contributed by atoms with Gasteiger partial charge in [0, 0.05) is 42.0 Å². The third-order valence-corrected chi connectivity index (χ3v) is 2.26. The lowest BCUT2D eigenvalue weighted by Gasteiger charge is -1.99. The lowest BCUT2D eigenvalue weighted by molar-refractivity contribution is 0.634. The molecule has 7 nitrogen and oxygen atoms in total. The van der Waals surface area contributed by atoms with Crippen LogP contribution in [0, 0.1) is 0 Å². The zero-order valence-electron chi connectivity index (χ0n) is 9.06. The van der Waals surface area contributed by atoms with Gasteiger partial charge in [0.1, 0.15) is 5.82 Å². The number of nitrogens with zero attached hydrogens (tertiary/aromatic N) is 6. The average molecular weight is 229 g/mol. The van der Waals surface area contributed by atoms with Crippen molar-refractivity contribution < 1.29 is 0 Å². The van der Waals surface area contributed by atoms with Crippen LogP contribution in [0.2, 0.25) is 0 Å². The fourth-order valence-electron chi connectivity index (χ4n) is 1.46. The number of nitrogen functional groups attached to an aromatic ring is 1. The first-order valence-corrected chi connectivity index (χ1v) is 5.06. The van der Waals surface area contributed by atoms with Gasteiger partial charge in [-0.15, -0.1) is 0 Å². The van der Waals surface area contributed by atoms with Crippen LogP contribution in [0.4, 0.5) is 5.82 Å². The Kier molecular flexibility index (Phi) is 3.23. The molecule has 7 heteroatoms. The Morgan fingerprint density at radius 2 is 2.18 bits per heavy atom. The first-order chi connectivity index (χ1) is 8.31. The number of pyridine rings is 1. The van der Waals surface area contributed by atoms with Crippen molar-refractivity contribution in [2.45, 2.75) is 6.54 Å². The van der Waals surface area contributed by atoms with Crippen LogP contribution >= 0.6 is 0 Å². The van der Waals surface area contributed by atoms with E-state index in [1.807, 2.05) is 12.1 Å². The Balaban J connectivity index is 2.21. The predicted molar refractivity (Wildman–Crippen MR) is 63.9 cm³/mol. The lowest BCUT2D eigenvalue weighted by Crippen LogP contribution is -2.06. The van der Waals surface area contributed by atoms with Gasteiger partial charge >= 0.3 is 0 Å². The van der Waals surface area contributed by atoms with Crippen molar-refractivity contribution in [3.8, 4) is 11.3 Å². The van der Waals surface area contributed by atoms with Crippen LogP contribution in [0.3, 0.4) is 0 Å². The number of aromatic nitrogens is 3. The van der Waals surface area contributed by atoms with Crippen LogP contribution in [0.15, 0.2) is 35.7 Å². The second-order valence-corrected chi connectivity index (χ2v) is 3.37. The molecular formula is C10H11N7. The fourth-order valence-corrected chi connectivity index (χ4v) is 1.46. The minimum Gasteiger partial charge on any atom is -0.384 e. The molecule has 86 valence electrons. The van der Waals surface area contributed by atoms with Crippen molar-refractivity contribution in [1.29, 1.82) is 0 Å². The number of hydrogen-bond acceptors (Lipinski definition) is 4. The van der Waals surface area contributed by atoms with Crippen LogP contribution < -0.4 is 5.73 Å². The van der Waals surface area contributed by atoms with E-state index in [1.165, 1.54) is 0 Å². The maximum absolute atomic E-state index is 8.19. The second-order valence-electron chi connectivity index (χ2n) is 3.37. The monoisotopic (exact) mass is 229 g/mol. The summed E-state index contributed by atoms with van der Waals surface area (Å²) < 4.78 is 1.62. The van der Waals surface area contributed by atoms with E-state index >= 15 is 0 Å². The van der Waals surface area contributed by atoms with Gasteiger partial charge < -0.3 is 5.73 Å². The van der Waals surface area contributed by atoms with Gasteiger partial charge in [-0.2, -0.15) is 5.10 Å². The Morgan fingerprint density at radius 1 is 1.41 bits per heavy atom. The quantitative estimate of drug-likeness (QED) is 0.491. The van der Waals surface area contributed by atoms with Gasteiger partial charge in [0.05, 0.1) is 5.69 Å². The average Bonchev–Trinajstić information content (AvgIpc) is 2.73. The molecule has 0 aliphatic rings. The summed E-state index contributed by atoms with van der Waals surface area (Å²) in [4.78, 5) is 6.62. The number of nitrogens with two attached hydrogens (primary N) is 1. The number of rotatable bonds is 4. The van der Waals surface area contributed by atoms with Crippen molar-refractivity contribution >= 4 is 5.82 Å². The Hall–Kier alpha value is -2.53. The summed E-state index contributed by atoms with van der Waals surface area (Å²) >= 11 is 0. The smallest absolute Gasteiger partial charge is 0.122 e. The van der Waals surface area contributed by atoms with E-state index in [9.17, 15) is 0 Å². The van der Waals surface area contributed by atoms with Crippen molar-refractivity contribution in [2.75, 3.05) is 12.3 Å². The van der Waals surface area contributed by atoms with Crippen LogP contribution in [0.5, 0.6) is 0 Å². The zero-order chi connectivity index (χ0) is 12.1. The highest BCUT2D eigenvalue weighted by Crippen LogP contribution is 2.19. The van der Waals surface area contributed by atoms with Gasteiger partial charge in [0.15, 0.2) is 0 Å². The molecule has 2 N–H and O–H groups in total. The maximum Gasteiger partial charge on any atom is 0.122 e. The summed E-state index contributed by atoms with van der Waals surface area (Å²) in [5, 5.41) is 7.78. The minimum atomic E-state index is 0.332. The maximum atomic E-state index is 8.19. The molecule has 0 saturated heterocycles. The van der Waals surface area contributed by atoms with Crippen molar-refractivity contribution in [2.24, 2.45) is 5.11 Å². The molecule has 0 fully saturated rings. The SMILES string of the molecule is [N-]=[N+]=NCCn1nc(-c2ccncc2)cc1N. The van der Waals surface area contributed by atoms with Gasteiger partial charge in [0.2, 0.25) is 0 Å². The molecule has 2 rings (SSSR count). The molecule has 0 spiro atoms. The first kappa shape index (κ1) is 11.0. The summed E-state index contributed by atoms with van der Waals surface area (Å²) in [6.45, 7) is 0.805.